The van der Waals surface area contributed by atoms with E-state index in [1.165, 1.54) is 0 Å². The van der Waals surface area contributed by atoms with Crippen LogP contribution in [0.5, 0.6) is 0 Å². The standard InChI is InChI=1S/C17H21N3O2/c1-11-4-3-5-14-16(12(2)18-20(11)14)17(21)22-15-10-19-8-6-13(15)7-9-19/h3-5,13,15H,6-10H2,1-2H3. The molecule has 2 bridgehead atoms. The van der Waals surface area contributed by atoms with Crippen LogP contribution in [0.3, 0.4) is 0 Å². The molecule has 22 heavy (non-hydrogen) atoms. The minimum absolute atomic E-state index is 0.0363. The summed E-state index contributed by atoms with van der Waals surface area (Å²) in [6.07, 6.45) is 2.32. The van der Waals surface area contributed by atoms with Gasteiger partial charge < -0.3 is 4.74 Å². The van der Waals surface area contributed by atoms with Crippen molar-refractivity contribution in [2.75, 3.05) is 19.6 Å². The molecular formula is C17H21N3O2. The van der Waals surface area contributed by atoms with Gasteiger partial charge in [0.05, 0.1) is 11.2 Å². The van der Waals surface area contributed by atoms with Crippen LogP contribution < -0.4 is 0 Å². The summed E-state index contributed by atoms with van der Waals surface area (Å²) in [6.45, 7) is 7.04. The number of rotatable bonds is 2. The molecule has 3 aliphatic heterocycles. The molecule has 116 valence electrons. The average molecular weight is 299 g/mol. The van der Waals surface area contributed by atoms with Gasteiger partial charge in [-0.3, -0.25) is 4.90 Å². The summed E-state index contributed by atoms with van der Waals surface area (Å²) in [5.74, 6) is 0.301. The maximum absolute atomic E-state index is 12.7. The number of aryl methyl sites for hydroxylation is 2. The third-order valence-electron chi connectivity index (χ3n) is 5.08. The monoisotopic (exact) mass is 299 g/mol. The molecule has 5 heterocycles. The molecule has 0 amide bonds. The van der Waals surface area contributed by atoms with Crippen molar-refractivity contribution < 1.29 is 9.53 Å². The molecule has 0 radical (unpaired) electrons. The lowest BCUT2D eigenvalue weighted by molar-refractivity contribution is -0.0455. The number of ether oxygens (including phenoxy) is 1. The molecule has 5 rings (SSSR count). The summed E-state index contributed by atoms with van der Waals surface area (Å²) in [4.78, 5) is 15.1. The number of carbonyl (C=O) groups is 1. The van der Waals surface area contributed by atoms with Gasteiger partial charge >= 0.3 is 5.97 Å². The Balaban J connectivity index is 1.63. The molecule has 0 aromatic carbocycles. The van der Waals surface area contributed by atoms with Gasteiger partial charge in [0.15, 0.2) is 0 Å². The first kappa shape index (κ1) is 13.8. The first-order chi connectivity index (χ1) is 10.6. The molecule has 2 aromatic heterocycles. The lowest BCUT2D eigenvalue weighted by atomic mass is 9.86. The van der Waals surface area contributed by atoms with Crippen LogP contribution >= 0.6 is 0 Å². The quantitative estimate of drug-likeness (QED) is 0.798. The lowest BCUT2D eigenvalue weighted by Crippen LogP contribution is -2.51. The minimum atomic E-state index is -0.225. The number of pyridine rings is 1. The number of hydrogen-bond donors (Lipinski definition) is 0. The maximum Gasteiger partial charge on any atom is 0.342 e. The number of nitrogens with zero attached hydrogens (tertiary/aromatic N) is 3. The highest BCUT2D eigenvalue weighted by atomic mass is 16.5. The number of fused-ring (bicyclic) bond motifs is 4. The number of piperidine rings is 3. The fourth-order valence-electron chi connectivity index (χ4n) is 3.81. The Morgan fingerprint density at radius 3 is 2.73 bits per heavy atom. The fraction of sp³-hybridized carbons (Fsp3) is 0.529. The zero-order valence-corrected chi connectivity index (χ0v) is 13.1. The van der Waals surface area contributed by atoms with Gasteiger partial charge in [0.1, 0.15) is 11.7 Å². The maximum atomic E-state index is 12.7. The van der Waals surface area contributed by atoms with E-state index in [1.807, 2.05) is 36.6 Å². The van der Waals surface area contributed by atoms with Crippen molar-refractivity contribution in [1.29, 1.82) is 0 Å². The van der Waals surface area contributed by atoms with Gasteiger partial charge in [0.25, 0.3) is 0 Å². The van der Waals surface area contributed by atoms with Crippen molar-refractivity contribution >= 4 is 11.5 Å². The Hall–Kier alpha value is -1.88. The predicted molar refractivity (Wildman–Crippen MR) is 83.0 cm³/mol. The van der Waals surface area contributed by atoms with E-state index >= 15 is 0 Å². The van der Waals surface area contributed by atoms with Crippen molar-refractivity contribution in [3.63, 3.8) is 0 Å². The fourth-order valence-corrected chi connectivity index (χ4v) is 3.81. The molecule has 3 saturated heterocycles. The Bertz CT molecular complexity index is 729. The van der Waals surface area contributed by atoms with E-state index in [9.17, 15) is 4.79 Å². The molecule has 1 atom stereocenters. The highest BCUT2D eigenvalue weighted by Gasteiger charge is 2.37. The summed E-state index contributed by atoms with van der Waals surface area (Å²) < 4.78 is 7.69. The molecule has 0 N–H and O–H groups in total. The van der Waals surface area contributed by atoms with E-state index < -0.39 is 0 Å². The van der Waals surface area contributed by atoms with Gasteiger partial charge in [0, 0.05) is 12.2 Å². The average Bonchev–Trinajstić information content (AvgIpc) is 2.86. The van der Waals surface area contributed by atoms with Crippen LogP contribution in [0.4, 0.5) is 0 Å². The van der Waals surface area contributed by atoms with Crippen LogP contribution in [0, 0.1) is 19.8 Å². The van der Waals surface area contributed by atoms with E-state index in [2.05, 4.69) is 10.00 Å². The Morgan fingerprint density at radius 2 is 2.05 bits per heavy atom. The predicted octanol–water partition coefficient (Wildman–Crippen LogP) is 2.20. The zero-order chi connectivity index (χ0) is 15.3. The van der Waals surface area contributed by atoms with E-state index in [-0.39, 0.29) is 12.1 Å². The molecular weight excluding hydrogens is 278 g/mol. The van der Waals surface area contributed by atoms with Crippen molar-refractivity contribution in [2.24, 2.45) is 5.92 Å². The van der Waals surface area contributed by atoms with Crippen LogP contribution in [-0.4, -0.2) is 46.2 Å². The second kappa shape index (κ2) is 5.09. The van der Waals surface area contributed by atoms with Crippen LogP contribution in [0.1, 0.15) is 34.6 Å². The van der Waals surface area contributed by atoms with Crippen molar-refractivity contribution in [1.82, 2.24) is 14.5 Å². The molecule has 5 heteroatoms. The number of aromatic nitrogens is 2. The van der Waals surface area contributed by atoms with E-state index in [1.54, 1.807) is 0 Å². The van der Waals surface area contributed by atoms with Gasteiger partial charge in [-0.25, -0.2) is 9.31 Å². The molecule has 0 saturated carbocycles. The molecule has 3 aliphatic rings. The third-order valence-corrected chi connectivity index (χ3v) is 5.08. The largest absolute Gasteiger partial charge is 0.457 e. The highest BCUT2D eigenvalue weighted by molar-refractivity contribution is 5.98. The first-order valence-corrected chi connectivity index (χ1v) is 8.02. The summed E-state index contributed by atoms with van der Waals surface area (Å²) >= 11 is 0. The molecule has 2 aromatic rings. The molecule has 1 unspecified atom stereocenters. The first-order valence-electron chi connectivity index (χ1n) is 8.02. The van der Waals surface area contributed by atoms with Crippen LogP contribution in [-0.2, 0) is 4.74 Å². The number of esters is 1. The van der Waals surface area contributed by atoms with Crippen molar-refractivity contribution in [3.8, 4) is 0 Å². The Kier molecular flexibility index (Phi) is 3.18. The number of carbonyl (C=O) groups excluding carboxylic acids is 1. The summed E-state index contributed by atoms with van der Waals surface area (Å²) in [7, 11) is 0. The lowest BCUT2D eigenvalue weighted by Gasteiger charge is -2.43. The smallest absolute Gasteiger partial charge is 0.342 e. The zero-order valence-electron chi connectivity index (χ0n) is 13.1. The van der Waals surface area contributed by atoms with Crippen LogP contribution in [0.15, 0.2) is 18.2 Å². The molecule has 3 fully saturated rings. The van der Waals surface area contributed by atoms with Crippen molar-refractivity contribution in [2.45, 2.75) is 32.8 Å². The van der Waals surface area contributed by atoms with Gasteiger partial charge in [-0.05, 0) is 57.8 Å². The Morgan fingerprint density at radius 1 is 1.27 bits per heavy atom. The van der Waals surface area contributed by atoms with Gasteiger partial charge in [-0.1, -0.05) is 6.07 Å². The second-order valence-electron chi connectivity index (χ2n) is 6.51. The van der Waals surface area contributed by atoms with Gasteiger partial charge in [-0.15, -0.1) is 0 Å². The second-order valence-corrected chi connectivity index (χ2v) is 6.51. The molecule has 0 spiro atoms. The van der Waals surface area contributed by atoms with Gasteiger partial charge in [-0.2, -0.15) is 5.10 Å². The van der Waals surface area contributed by atoms with Crippen LogP contribution in [0.25, 0.3) is 5.52 Å². The third kappa shape index (κ3) is 2.11. The normalized spacial score (nSPS) is 27.3. The van der Waals surface area contributed by atoms with Crippen LogP contribution in [0.2, 0.25) is 0 Å². The summed E-state index contributed by atoms with van der Waals surface area (Å²) in [5, 5.41) is 4.48. The van der Waals surface area contributed by atoms with E-state index in [0.29, 0.717) is 11.5 Å². The summed E-state index contributed by atoms with van der Waals surface area (Å²) in [5.41, 5.74) is 3.20. The van der Waals surface area contributed by atoms with Gasteiger partial charge in [0.2, 0.25) is 0 Å². The molecule has 5 nitrogen and oxygen atoms in total. The SMILES string of the molecule is Cc1nn2c(C)cccc2c1C(=O)OC1CN2CCC1CC2. The van der Waals surface area contributed by atoms with E-state index in [4.69, 9.17) is 4.74 Å². The molecule has 0 aliphatic carbocycles. The summed E-state index contributed by atoms with van der Waals surface area (Å²) in [6, 6.07) is 5.87. The van der Waals surface area contributed by atoms with Crippen molar-refractivity contribution in [3.05, 3.63) is 35.2 Å². The topological polar surface area (TPSA) is 46.8 Å². The van der Waals surface area contributed by atoms with E-state index in [0.717, 1.165) is 49.4 Å². The highest BCUT2D eigenvalue weighted by Crippen LogP contribution is 2.30. The Labute approximate surface area is 129 Å². The number of hydrogen-bond acceptors (Lipinski definition) is 4. The minimum Gasteiger partial charge on any atom is -0.457 e.